The summed E-state index contributed by atoms with van der Waals surface area (Å²) in [6, 6.07) is 11.8. The van der Waals surface area contributed by atoms with E-state index in [4.69, 9.17) is 4.42 Å². The Morgan fingerprint density at radius 2 is 2.04 bits per heavy atom. The third-order valence-corrected chi connectivity index (χ3v) is 4.80. The molecule has 26 heavy (non-hydrogen) atoms. The van der Waals surface area contributed by atoms with Crippen LogP contribution < -0.4 is 15.5 Å². The van der Waals surface area contributed by atoms with Crippen LogP contribution in [-0.4, -0.2) is 25.0 Å². The molecule has 1 amide bonds. The molecule has 1 fully saturated rings. The maximum absolute atomic E-state index is 12.7. The van der Waals surface area contributed by atoms with Gasteiger partial charge in [-0.25, -0.2) is 0 Å². The Labute approximate surface area is 155 Å². The van der Waals surface area contributed by atoms with Gasteiger partial charge in [-0.2, -0.15) is 0 Å². The van der Waals surface area contributed by atoms with Gasteiger partial charge in [0, 0.05) is 24.5 Å². The van der Waals surface area contributed by atoms with Crippen molar-refractivity contribution in [3.05, 3.63) is 47.9 Å². The molecule has 1 aliphatic heterocycles. The van der Waals surface area contributed by atoms with Crippen LogP contribution in [0.15, 0.2) is 40.8 Å². The van der Waals surface area contributed by atoms with Crippen LogP contribution in [0.4, 0.5) is 11.4 Å². The monoisotopic (exact) mass is 355 g/mol. The van der Waals surface area contributed by atoms with Gasteiger partial charge in [0.05, 0.1) is 12.6 Å². The molecule has 140 valence electrons. The maximum atomic E-state index is 12.7. The highest BCUT2D eigenvalue weighted by Gasteiger charge is 2.18. The molecule has 2 heterocycles. The lowest BCUT2D eigenvalue weighted by molar-refractivity contribution is -0.118. The van der Waals surface area contributed by atoms with E-state index in [0.717, 1.165) is 43.1 Å². The van der Waals surface area contributed by atoms with E-state index in [2.05, 4.69) is 34.6 Å². The molecule has 0 spiro atoms. The number of hydrogen-bond donors (Lipinski definition) is 2. The Kier molecular flexibility index (Phi) is 6.34. The number of rotatable bonds is 8. The number of carbonyl (C=O) groups excluding carboxylic acids is 1. The van der Waals surface area contributed by atoms with Crippen molar-refractivity contribution in [2.75, 3.05) is 23.3 Å². The predicted octanol–water partition coefficient (Wildman–Crippen LogP) is 4.09. The third kappa shape index (κ3) is 4.88. The van der Waals surface area contributed by atoms with E-state index in [1.807, 2.05) is 31.2 Å². The van der Waals surface area contributed by atoms with E-state index < -0.39 is 0 Å². The lowest BCUT2D eigenvalue weighted by Gasteiger charge is -2.20. The molecule has 2 N–H and O–H groups in total. The van der Waals surface area contributed by atoms with Gasteiger partial charge in [0.25, 0.3) is 0 Å². The number of nitrogens with one attached hydrogen (secondary N) is 2. The Bertz CT molecular complexity index is 720. The van der Waals surface area contributed by atoms with Crippen molar-refractivity contribution < 1.29 is 9.21 Å². The number of anilines is 2. The predicted molar refractivity (Wildman–Crippen MR) is 105 cm³/mol. The first-order valence-electron chi connectivity index (χ1n) is 9.60. The molecule has 1 aliphatic rings. The Morgan fingerprint density at radius 3 is 2.73 bits per heavy atom. The molecule has 5 nitrogen and oxygen atoms in total. The minimum atomic E-state index is -0.235. The van der Waals surface area contributed by atoms with E-state index in [0.29, 0.717) is 6.54 Å². The molecule has 0 radical (unpaired) electrons. The van der Waals surface area contributed by atoms with Crippen molar-refractivity contribution in [3.8, 4) is 0 Å². The van der Waals surface area contributed by atoms with Crippen LogP contribution in [0.5, 0.6) is 0 Å². The SMILES string of the molecule is CCCC(NCc1ccc(C)o1)C(=O)Nc1cccc(N2CCCC2)c1. The average molecular weight is 355 g/mol. The summed E-state index contributed by atoms with van der Waals surface area (Å²) in [6.07, 6.45) is 4.21. The molecule has 5 heteroatoms. The van der Waals surface area contributed by atoms with Crippen LogP contribution in [0, 0.1) is 6.92 Å². The van der Waals surface area contributed by atoms with Crippen molar-refractivity contribution >= 4 is 17.3 Å². The van der Waals surface area contributed by atoms with Crippen LogP contribution in [0.1, 0.15) is 44.1 Å². The summed E-state index contributed by atoms with van der Waals surface area (Å²) >= 11 is 0. The summed E-state index contributed by atoms with van der Waals surface area (Å²) in [5, 5.41) is 6.40. The molecular formula is C21H29N3O2. The fourth-order valence-corrected chi connectivity index (χ4v) is 3.40. The fraction of sp³-hybridized carbons (Fsp3) is 0.476. The lowest BCUT2D eigenvalue weighted by Crippen LogP contribution is -2.40. The van der Waals surface area contributed by atoms with Gasteiger partial charge in [-0.1, -0.05) is 19.4 Å². The van der Waals surface area contributed by atoms with Crippen molar-refractivity contribution in [1.29, 1.82) is 0 Å². The summed E-state index contributed by atoms with van der Waals surface area (Å²) in [7, 11) is 0. The number of nitrogens with zero attached hydrogens (tertiary/aromatic N) is 1. The van der Waals surface area contributed by atoms with Crippen molar-refractivity contribution in [3.63, 3.8) is 0 Å². The molecule has 0 bridgehead atoms. The molecular weight excluding hydrogens is 326 g/mol. The second-order valence-electron chi connectivity index (χ2n) is 6.97. The second kappa shape index (κ2) is 8.90. The fourth-order valence-electron chi connectivity index (χ4n) is 3.40. The van der Waals surface area contributed by atoms with Crippen LogP contribution >= 0.6 is 0 Å². The highest BCUT2D eigenvalue weighted by molar-refractivity contribution is 5.95. The molecule has 3 rings (SSSR count). The lowest BCUT2D eigenvalue weighted by atomic mass is 10.1. The van der Waals surface area contributed by atoms with E-state index in [1.54, 1.807) is 0 Å². The Morgan fingerprint density at radius 1 is 1.23 bits per heavy atom. The van der Waals surface area contributed by atoms with E-state index >= 15 is 0 Å². The summed E-state index contributed by atoms with van der Waals surface area (Å²) in [5.41, 5.74) is 2.04. The van der Waals surface area contributed by atoms with Gasteiger partial charge < -0.3 is 14.6 Å². The minimum Gasteiger partial charge on any atom is -0.465 e. The molecule has 2 aromatic rings. The first-order valence-corrected chi connectivity index (χ1v) is 9.60. The van der Waals surface area contributed by atoms with Gasteiger partial charge in [0.15, 0.2) is 0 Å². The summed E-state index contributed by atoms with van der Waals surface area (Å²) in [4.78, 5) is 15.1. The van der Waals surface area contributed by atoms with E-state index in [1.165, 1.54) is 18.5 Å². The first-order chi connectivity index (χ1) is 12.7. The van der Waals surface area contributed by atoms with Gasteiger partial charge >= 0.3 is 0 Å². The van der Waals surface area contributed by atoms with Gasteiger partial charge in [-0.05, 0) is 56.5 Å². The smallest absolute Gasteiger partial charge is 0.241 e. The molecule has 1 aromatic carbocycles. The number of hydrogen-bond acceptors (Lipinski definition) is 4. The number of benzene rings is 1. The standard InChI is InChI=1S/C21H29N3O2/c1-3-7-20(22-15-19-11-10-16(2)26-19)21(25)23-17-8-6-9-18(14-17)24-12-4-5-13-24/h6,8-11,14,20,22H,3-5,7,12-13,15H2,1-2H3,(H,23,25). The van der Waals surface area contributed by atoms with Gasteiger partial charge in [0.1, 0.15) is 11.5 Å². The molecule has 1 atom stereocenters. The average Bonchev–Trinajstić information content (AvgIpc) is 3.30. The quantitative estimate of drug-likeness (QED) is 0.749. The third-order valence-electron chi connectivity index (χ3n) is 4.80. The van der Waals surface area contributed by atoms with Gasteiger partial charge in [-0.15, -0.1) is 0 Å². The normalized spacial score (nSPS) is 15.2. The Hall–Kier alpha value is -2.27. The second-order valence-corrected chi connectivity index (χ2v) is 6.97. The maximum Gasteiger partial charge on any atom is 0.241 e. The van der Waals surface area contributed by atoms with Crippen molar-refractivity contribution in [2.24, 2.45) is 0 Å². The molecule has 1 unspecified atom stereocenters. The zero-order valence-corrected chi connectivity index (χ0v) is 15.8. The zero-order valence-electron chi connectivity index (χ0n) is 15.8. The summed E-state index contributed by atoms with van der Waals surface area (Å²) in [6.45, 7) is 6.76. The van der Waals surface area contributed by atoms with Crippen molar-refractivity contribution in [1.82, 2.24) is 5.32 Å². The largest absolute Gasteiger partial charge is 0.465 e. The van der Waals surface area contributed by atoms with Gasteiger partial charge in [-0.3, -0.25) is 10.1 Å². The van der Waals surface area contributed by atoms with E-state index in [-0.39, 0.29) is 11.9 Å². The Balaban J connectivity index is 1.60. The topological polar surface area (TPSA) is 57.5 Å². The zero-order chi connectivity index (χ0) is 18.4. The van der Waals surface area contributed by atoms with Crippen LogP contribution in [0.25, 0.3) is 0 Å². The van der Waals surface area contributed by atoms with Crippen molar-refractivity contribution in [2.45, 2.75) is 52.1 Å². The van der Waals surface area contributed by atoms with E-state index in [9.17, 15) is 4.79 Å². The highest BCUT2D eigenvalue weighted by atomic mass is 16.3. The number of carbonyl (C=O) groups is 1. The van der Waals surface area contributed by atoms with Crippen LogP contribution in [0.2, 0.25) is 0 Å². The van der Waals surface area contributed by atoms with Crippen LogP contribution in [0.3, 0.4) is 0 Å². The molecule has 0 saturated carbocycles. The first kappa shape index (κ1) is 18.5. The molecule has 1 aromatic heterocycles. The highest BCUT2D eigenvalue weighted by Crippen LogP contribution is 2.23. The molecule has 0 aliphatic carbocycles. The minimum absolute atomic E-state index is 0.00806. The summed E-state index contributed by atoms with van der Waals surface area (Å²) in [5.74, 6) is 1.75. The number of aryl methyl sites for hydroxylation is 1. The number of amides is 1. The van der Waals surface area contributed by atoms with Crippen LogP contribution in [-0.2, 0) is 11.3 Å². The summed E-state index contributed by atoms with van der Waals surface area (Å²) < 4.78 is 5.58. The number of furan rings is 1. The van der Waals surface area contributed by atoms with Gasteiger partial charge in [0.2, 0.25) is 5.91 Å². The molecule has 1 saturated heterocycles.